The summed E-state index contributed by atoms with van der Waals surface area (Å²) < 4.78 is 32.3. The second kappa shape index (κ2) is 9.03. The Hall–Kier alpha value is -1.00. The summed E-state index contributed by atoms with van der Waals surface area (Å²) in [4.78, 5) is 0. The summed E-state index contributed by atoms with van der Waals surface area (Å²) in [5, 5.41) is 3.41. The maximum absolute atomic E-state index is 13.8. The van der Waals surface area contributed by atoms with E-state index in [2.05, 4.69) is 19.2 Å². The van der Waals surface area contributed by atoms with Gasteiger partial charge in [0.05, 0.1) is 6.10 Å². The van der Waals surface area contributed by atoms with Gasteiger partial charge in [-0.15, -0.1) is 0 Å². The van der Waals surface area contributed by atoms with Gasteiger partial charge in [-0.3, -0.25) is 0 Å². The minimum absolute atomic E-state index is 0.0380. The fourth-order valence-electron chi connectivity index (χ4n) is 2.36. The molecule has 0 aliphatic rings. The molecule has 4 heteroatoms. The van der Waals surface area contributed by atoms with Gasteiger partial charge in [-0.2, -0.15) is 0 Å². The van der Waals surface area contributed by atoms with Crippen LogP contribution < -0.4 is 5.32 Å². The van der Waals surface area contributed by atoms with E-state index < -0.39 is 11.6 Å². The smallest absolute Gasteiger partial charge is 0.129 e. The van der Waals surface area contributed by atoms with Gasteiger partial charge in [0.25, 0.3) is 0 Å². The van der Waals surface area contributed by atoms with Crippen molar-refractivity contribution in [3.8, 4) is 0 Å². The average Bonchev–Trinajstić information content (AvgIpc) is 2.43. The molecule has 0 aliphatic carbocycles. The highest BCUT2D eigenvalue weighted by molar-refractivity contribution is 5.20. The van der Waals surface area contributed by atoms with Crippen molar-refractivity contribution < 1.29 is 13.5 Å². The molecule has 0 heterocycles. The molecule has 2 atom stereocenters. The quantitative estimate of drug-likeness (QED) is 0.747. The Morgan fingerprint density at radius 3 is 2.50 bits per heavy atom. The highest BCUT2D eigenvalue weighted by atomic mass is 19.1. The number of nitrogens with one attached hydrogen (secondary N) is 1. The molecule has 1 N–H and O–H groups in total. The molecule has 0 fully saturated rings. The van der Waals surface area contributed by atoms with Crippen LogP contribution in [0.5, 0.6) is 0 Å². The van der Waals surface area contributed by atoms with Gasteiger partial charge in [0, 0.05) is 19.2 Å². The van der Waals surface area contributed by atoms with Crippen molar-refractivity contribution in [3.05, 3.63) is 35.4 Å². The van der Waals surface area contributed by atoms with Crippen LogP contribution in [0, 0.1) is 11.6 Å². The molecule has 0 spiro atoms. The van der Waals surface area contributed by atoms with E-state index in [0.29, 0.717) is 12.0 Å². The molecular weight excluding hydrogens is 260 g/mol. The summed E-state index contributed by atoms with van der Waals surface area (Å²) in [6.07, 6.45) is 3.47. The van der Waals surface area contributed by atoms with Crippen LogP contribution in [0.3, 0.4) is 0 Å². The first-order chi connectivity index (χ1) is 9.62. The van der Waals surface area contributed by atoms with Crippen LogP contribution in [-0.2, 0) is 11.2 Å². The first-order valence-corrected chi connectivity index (χ1v) is 7.32. The Morgan fingerprint density at radius 1 is 1.20 bits per heavy atom. The molecule has 0 amide bonds. The fraction of sp³-hybridized carbons (Fsp3) is 0.625. The van der Waals surface area contributed by atoms with Gasteiger partial charge in [-0.25, -0.2) is 8.78 Å². The zero-order chi connectivity index (χ0) is 15.0. The third kappa shape index (κ3) is 5.17. The Balaban J connectivity index is 2.81. The van der Waals surface area contributed by atoms with Gasteiger partial charge >= 0.3 is 0 Å². The monoisotopic (exact) mass is 285 g/mol. The molecule has 0 saturated carbocycles. The molecule has 20 heavy (non-hydrogen) atoms. The topological polar surface area (TPSA) is 21.3 Å². The van der Waals surface area contributed by atoms with E-state index in [-0.39, 0.29) is 12.1 Å². The molecule has 2 unspecified atom stereocenters. The van der Waals surface area contributed by atoms with Crippen molar-refractivity contribution in [1.82, 2.24) is 5.32 Å². The zero-order valence-electron chi connectivity index (χ0n) is 12.6. The van der Waals surface area contributed by atoms with E-state index in [4.69, 9.17) is 4.74 Å². The number of benzene rings is 1. The molecule has 0 saturated heterocycles. The number of rotatable bonds is 9. The van der Waals surface area contributed by atoms with Crippen LogP contribution in [-0.4, -0.2) is 25.8 Å². The molecule has 1 aromatic rings. The molecule has 1 aromatic carbocycles. The average molecular weight is 285 g/mol. The Labute approximate surface area is 120 Å². The van der Waals surface area contributed by atoms with E-state index in [0.717, 1.165) is 31.9 Å². The largest absolute Gasteiger partial charge is 0.380 e. The second-order valence-electron chi connectivity index (χ2n) is 5.06. The predicted molar refractivity (Wildman–Crippen MR) is 77.8 cm³/mol. The highest BCUT2D eigenvalue weighted by Gasteiger charge is 2.21. The summed E-state index contributed by atoms with van der Waals surface area (Å²) in [6, 6.07) is 3.80. The second-order valence-corrected chi connectivity index (χ2v) is 5.06. The predicted octanol–water partition coefficient (Wildman–Crippen LogP) is 3.69. The zero-order valence-corrected chi connectivity index (χ0v) is 12.6. The van der Waals surface area contributed by atoms with Crippen LogP contribution in [0.2, 0.25) is 0 Å². The lowest BCUT2D eigenvalue weighted by Crippen LogP contribution is -2.43. The number of halogens is 2. The van der Waals surface area contributed by atoms with Crippen LogP contribution in [0.4, 0.5) is 8.78 Å². The van der Waals surface area contributed by atoms with Crippen LogP contribution in [0.25, 0.3) is 0 Å². The molecule has 0 aromatic heterocycles. The lowest BCUT2D eigenvalue weighted by molar-refractivity contribution is 0.0606. The Morgan fingerprint density at radius 2 is 1.95 bits per heavy atom. The first kappa shape index (κ1) is 17.1. The minimum Gasteiger partial charge on any atom is -0.380 e. The number of methoxy groups -OCH3 is 1. The summed E-state index contributed by atoms with van der Waals surface area (Å²) in [7, 11) is 1.68. The lowest BCUT2D eigenvalue weighted by atomic mass is 9.97. The first-order valence-electron chi connectivity index (χ1n) is 7.32. The van der Waals surface area contributed by atoms with Crippen LogP contribution >= 0.6 is 0 Å². The highest BCUT2D eigenvalue weighted by Crippen LogP contribution is 2.16. The van der Waals surface area contributed by atoms with E-state index in [1.807, 2.05) is 0 Å². The molecule has 114 valence electrons. The number of hydrogen-bond donors (Lipinski definition) is 1. The third-order valence-electron chi connectivity index (χ3n) is 3.44. The van der Waals surface area contributed by atoms with Crippen LogP contribution in [0.15, 0.2) is 18.2 Å². The molecule has 0 aliphatic heterocycles. The van der Waals surface area contributed by atoms with Crippen molar-refractivity contribution in [3.63, 3.8) is 0 Å². The van der Waals surface area contributed by atoms with Crippen molar-refractivity contribution in [2.75, 3.05) is 13.7 Å². The third-order valence-corrected chi connectivity index (χ3v) is 3.44. The van der Waals surface area contributed by atoms with Gasteiger partial charge in [0.1, 0.15) is 11.6 Å². The van der Waals surface area contributed by atoms with Crippen molar-refractivity contribution in [2.24, 2.45) is 0 Å². The van der Waals surface area contributed by atoms with E-state index in [9.17, 15) is 8.78 Å². The Bertz CT molecular complexity index is 398. The SMILES string of the molecule is CCCNC(Cc1ccc(F)cc1F)C(CCC)OC. The van der Waals surface area contributed by atoms with Crippen LogP contribution in [0.1, 0.15) is 38.7 Å². The summed E-state index contributed by atoms with van der Waals surface area (Å²) in [5.74, 6) is -1.03. The van der Waals surface area contributed by atoms with E-state index in [1.54, 1.807) is 7.11 Å². The van der Waals surface area contributed by atoms with Gasteiger partial charge < -0.3 is 10.1 Å². The van der Waals surface area contributed by atoms with Gasteiger partial charge in [-0.05, 0) is 37.4 Å². The molecule has 0 bridgehead atoms. The van der Waals surface area contributed by atoms with Crippen molar-refractivity contribution >= 4 is 0 Å². The van der Waals surface area contributed by atoms with Gasteiger partial charge in [0.15, 0.2) is 0 Å². The normalized spacial score (nSPS) is 14.2. The standard InChI is InChI=1S/C16H25F2NO/c1-4-6-16(20-3)15(19-9-5-2)10-12-7-8-13(17)11-14(12)18/h7-8,11,15-16,19H,4-6,9-10H2,1-3H3. The molecule has 2 nitrogen and oxygen atoms in total. The minimum atomic E-state index is -0.541. The summed E-state index contributed by atoms with van der Waals surface area (Å²) >= 11 is 0. The molecule has 0 radical (unpaired) electrons. The summed E-state index contributed by atoms with van der Waals surface area (Å²) in [5.41, 5.74) is 0.526. The van der Waals surface area contributed by atoms with E-state index >= 15 is 0 Å². The van der Waals surface area contributed by atoms with Gasteiger partial charge in [-0.1, -0.05) is 26.3 Å². The summed E-state index contributed by atoms with van der Waals surface area (Å²) in [6.45, 7) is 5.04. The maximum Gasteiger partial charge on any atom is 0.129 e. The lowest BCUT2D eigenvalue weighted by Gasteiger charge is -2.27. The number of hydrogen-bond acceptors (Lipinski definition) is 2. The molecular formula is C16H25F2NO. The van der Waals surface area contributed by atoms with Crippen molar-refractivity contribution in [1.29, 1.82) is 0 Å². The van der Waals surface area contributed by atoms with Crippen molar-refractivity contribution in [2.45, 2.75) is 51.7 Å². The Kier molecular flexibility index (Phi) is 7.70. The molecule has 1 rings (SSSR count). The number of ether oxygens (including phenoxy) is 1. The van der Waals surface area contributed by atoms with Gasteiger partial charge in [0.2, 0.25) is 0 Å². The fourth-order valence-corrected chi connectivity index (χ4v) is 2.36. The maximum atomic E-state index is 13.8. The van der Waals surface area contributed by atoms with E-state index in [1.165, 1.54) is 12.1 Å².